The predicted molar refractivity (Wildman–Crippen MR) is 115 cm³/mol. The Bertz CT molecular complexity index is 435. The van der Waals surface area contributed by atoms with Gasteiger partial charge in [-0.3, -0.25) is 4.52 Å². The minimum absolute atomic E-state index is 0.00679. The van der Waals surface area contributed by atoms with E-state index in [1.54, 1.807) is 0 Å². The molecule has 0 aromatic heterocycles. The van der Waals surface area contributed by atoms with Crippen LogP contribution in [-0.2, 0) is 13.8 Å². The first kappa shape index (κ1) is 25.8. The normalized spacial score (nSPS) is 20.4. The van der Waals surface area contributed by atoms with Crippen LogP contribution in [0.15, 0.2) is 12.2 Å². The molecule has 5 nitrogen and oxygen atoms in total. The average molecular weight is 419 g/mol. The highest BCUT2D eigenvalue weighted by Gasteiger charge is 2.27. The Morgan fingerprint density at radius 3 is 2.00 bits per heavy atom. The predicted octanol–water partition coefficient (Wildman–Crippen LogP) is 6.68. The third-order valence-corrected chi connectivity index (χ3v) is 5.90. The molecule has 1 fully saturated rings. The van der Waals surface area contributed by atoms with Crippen molar-refractivity contribution in [2.45, 2.75) is 122 Å². The Morgan fingerprint density at radius 1 is 0.857 bits per heavy atom. The lowest BCUT2D eigenvalue weighted by atomic mass is 10.0. The van der Waals surface area contributed by atoms with Crippen molar-refractivity contribution in [2.75, 3.05) is 6.61 Å². The van der Waals surface area contributed by atoms with Gasteiger partial charge in [-0.1, -0.05) is 76.9 Å². The van der Waals surface area contributed by atoms with Gasteiger partial charge in [0.2, 0.25) is 0 Å². The fourth-order valence-electron chi connectivity index (χ4n) is 3.74. The van der Waals surface area contributed by atoms with E-state index >= 15 is 0 Å². The molecule has 0 radical (unpaired) electrons. The highest BCUT2D eigenvalue weighted by molar-refractivity contribution is 7.46. The zero-order chi connectivity index (χ0) is 20.5. The molecule has 28 heavy (non-hydrogen) atoms. The maximum atomic E-state index is 10.7. The smallest absolute Gasteiger partial charge is 0.373 e. The van der Waals surface area contributed by atoms with Gasteiger partial charge in [-0.05, 0) is 44.9 Å². The molecular formula is C22H43O5P. The summed E-state index contributed by atoms with van der Waals surface area (Å²) in [5, 5.41) is 0. The lowest BCUT2D eigenvalue weighted by Crippen LogP contribution is -2.16. The molecule has 1 aliphatic heterocycles. The molecule has 2 unspecified atom stereocenters. The summed E-state index contributed by atoms with van der Waals surface area (Å²) in [6.07, 6.45) is 24.6. The Kier molecular flexibility index (Phi) is 15.3. The summed E-state index contributed by atoms with van der Waals surface area (Å²) in [6.45, 7) is 2.26. The Balaban J connectivity index is 1.83. The number of phosphoric acid groups is 1. The third kappa shape index (κ3) is 15.7. The van der Waals surface area contributed by atoms with E-state index in [0.717, 1.165) is 19.3 Å². The molecule has 1 saturated heterocycles. The summed E-state index contributed by atoms with van der Waals surface area (Å²) in [7, 11) is -4.38. The van der Waals surface area contributed by atoms with E-state index in [9.17, 15) is 4.57 Å². The van der Waals surface area contributed by atoms with Crippen LogP contribution in [0.4, 0.5) is 0 Å². The van der Waals surface area contributed by atoms with Crippen LogP contribution in [0.2, 0.25) is 0 Å². The molecule has 0 spiro atoms. The second-order valence-electron chi connectivity index (χ2n) is 8.12. The minimum atomic E-state index is -4.38. The van der Waals surface area contributed by atoms with Crippen molar-refractivity contribution >= 4 is 7.82 Å². The molecule has 0 aromatic rings. The van der Waals surface area contributed by atoms with Crippen LogP contribution in [-0.4, -0.2) is 28.6 Å². The maximum absolute atomic E-state index is 10.7. The number of hydrogen-bond donors (Lipinski definition) is 2. The van der Waals surface area contributed by atoms with Crippen molar-refractivity contribution < 1.29 is 23.6 Å². The molecule has 1 aliphatic rings. The standard InChI is InChI=1S/C22H43O5P/c1-2-3-4-5-6-7-8-9-10-11-12-13-14-15-16-17-21-18-19-22(27-21)20-26-28(23,24)25/h9-10,21-22H,2-8,11-20H2,1H3,(H2,23,24,25)/b10-9+. The lowest BCUT2D eigenvalue weighted by Gasteiger charge is -2.14. The van der Waals surface area contributed by atoms with Crippen molar-refractivity contribution in [1.82, 2.24) is 0 Å². The maximum Gasteiger partial charge on any atom is 0.469 e. The lowest BCUT2D eigenvalue weighted by molar-refractivity contribution is 0.00689. The molecule has 1 rings (SSSR count). The van der Waals surface area contributed by atoms with Gasteiger partial charge in [0, 0.05) is 0 Å². The van der Waals surface area contributed by atoms with Crippen LogP contribution < -0.4 is 0 Å². The summed E-state index contributed by atoms with van der Waals surface area (Å²) in [4.78, 5) is 17.5. The van der Waals surface area contributed by atoms with E-state index in [-0.39, 0.29) is 18.8 Å². The summed E-state index contributed by atoms with van der Waals surface area (Å²) < 4.78 is 21.0. The van der Waals surface area contributed by atoms with Crippen LogP contribution in [0.1, 0.15) is 110 Å². The molecule has 0 aromatic carbocycles. The molecule has 6 heteroatoms. The number of allylic oxidation sites excluding steroid dienone is 2. The Hall–Kier alpha value is -0.190. The summed E-state index contributed by atoms with van der Waals surface area (Å²) in [5.41, 5.74) is 0. The zero-order valence-electron chi connectivity index (χ0n) is 17.9. The van der Waals surface area contributed by atoms with Gasteiger partial charge in [-0.25, -0.2) is 4.57 Å². The quantitative estimate of drug-likeness (QED) is 0.147. The van der Waals surface area contributed by atoms with Crippen LogP contribution in [0, 0.1) is 0 Å². The molecule has 2 N–H and O–H groups in total. The van der Waals surface area contributed by atoms with Gasteiger partial charge in [0.25, 0.3) is 0 Å². The molecule has 166 valence electrons. The van der Waals surface area contributed by atoms with E-state index in [2.05, 4.69) is 23.6 Å². The summed E-state index contributed by atoms with van der Waals surface area (Å²) in [5.74, 6) is 0. The second-order valence-corrected chi connectivity index (χ2v) is 9.36. The summed E-state index contributed by atoms with van der Waals surface area (Å²) in [6, 6.07) is 0. The van der Waals surface area contributed by atoms with Crippen molar-refractivity contribution in [1.29, 1.82) is 0 Å². The van der Waals surface area contributed by atoms with Gasteiger partial charge in [0.15, 0.2) is 0 Å². The number of rotatable bonds is 18. The topological polar surface area (TPSA) is 76.0 Å². The fraction of sp³-hybridized carbons (Fsp3) is 0.909. The van der Waals surface area contributed by atoms with Gasteiger partial charge in [0.1, 0.15) is 0 Å². The number of ether oxygens (including phenoxy) is 1. The van der Waals surface area contributed by atoms with E-state index < -0.39 is 7.82 Å². The molecular weight excluding hydrogens is 375 g/mol. The van der Waals surface area contributed by atoms with Crippen molar-refractivity contribution in [2.24, 2.45) is 0 Å². The van der Waals surface area contributed by atoms with Crippen molar-refractivity contribution in [3.8, 4) is 0 Å². The van der Waals surface area contributed by atoms with Gasteiger partial charge in [-0.15, -0.1) is 0 Å². The fourth-order valence-corrected chi connectivity index (χ4v) is 4.10. The molecule has 0 aliphatic carbocycles. The molecule has 2 atom stereocenters. The van der Waals surface area contributed by atoms with Crippen LogP contribution >= 0.6 is 7.82 Å². The van der Waals surface area contributed by atoms with E-state index in [1.807, 2.05) is 0 Å². The third-order valence-electron chi connectivity index (χ3n) is 5.41. The minimum Gasteiger partial charge on any atom is -0.373 e. The molecule has 1 heterocycles. The number of hydrogen-bond acceptors (Lipinski definition) is 3. The van der Waals surface area contributed by atoms with E-state index in [1.165, 1.54) is 83.5 Å². The zero-order valence-corrected chi connectivity index (χ0v) is 18.8. The van der Waals surface area contributed by atoms with Gasteiger partial charge < -0.3 is 14.5 Å². The number of phosphoric ester groups is 1. The highest BCUT2D eigenvalue weighted by Crippen LogP contribution is 2.37. The van der Waals surface area contributed by atoms with Crippen LogP contribution in [0.25, 0.3) is 0 Å². The molecule has 0 bridgehead atoms. The largest absolute Gasteiger partial charge is 0.469 e. The van der Waals surface area contributed by atoms with Gasteiger partial charge >= 0.3 is 7.82 Å². The SMILES string of the molecule is CCCCCCCC/C=C/CCCCCCCC1CCC(COP(=O)(O)O)O1. The average Bonchev–Trinajstić information content (AvgIpc) is 3.10. The van der Waals surface area contributed by atoms with Gasteiger partial charge in [-0.2, -0.15) is 0 Å². The first-order valence-electron chi connectivity index (χ1n) is 11.5. The summed E-state index contributed by atoms with van der Waals surface area (Å²) >= 11 is 0. The Labute approximate surface area is 172 Å². The highest BCUT2D eigenvalue weighted by atomic mass is 31.2. The monoisotopic (exact) mass is 418 g/mol. The second kappa shape index (κ2) is 16.6. The first-order valence-corrected chi connectivity index (χ1v) is 13.0. The van der Waals surface area contributed by atoms with Crippen LogP contribution in [0.3, 0.4) is 0 Å². The van der Waals surface area contributed by atoms with Crippen LogP contribution in [0.5, 0.6) is 0 Å². The Morgan fingerprint density at radius 2 is 1.39 bits per heavy atom. The van der Waals surface area contributed by atoms with Gasteiger partial charge in [0.05, 0.1) is 18.8 Å². The molecule has 0 amide bonds. The molecule has 0 saturated carbocycles. The van der Waals surface area contributed by atoms with E-state index in [0.29, 0.717) is 0 Å². The number of unbranched alkanes of at least 4 members (excludes halogenated alkanes) is 11. The first-order chi connectivity index (χ1) is 13.5. The van der Waals surface area contributed by atoms with Crippen molar-refractivity contribution in [3.05, 3.63) is 12.2 Å². The van der Waals surface area contributed by atoms with Crippen molar-refractivity contribution in [3.63, 3.8) is 0 Å². The van der Waals surface area contributed by atoms with E-state index in [4.69, 9.17) is 14.5 Å².